The van der Waals surface area contributed by atoms with Crippen LogP contribution in [0.1, 0.15) is 29.6 Å². The van der Waals surface area contributed by atoms with Crippen LogP contribution in [0.5, 0.6) is 0 Å². The van der Waals surface area contributed by atoms with E-state index >= 15 is 0 Å². The molecule has 5 rings (SSSR count). The summed E-state index contributed by atoms with van der Waals surface area (Å²) in [6.07, 6.45) is 1.04. The second kappa shape index (κ2) is 8.36. The molecule has 154 valence electrons. The van der Waals surface area contributed by atoms with Crippen molar-refractivity contribution < 1.29 is 14.2 Å². The molecule has 3 heterocycles. The van der Waals surface area contributed by atoms with Crippen LogP contribution in [-0.2, 0) is 4.74 Å². The van der Waals surface area contributed by atoms with Crippen molar-refractivity contribution in [1.29, 1.82) is 0 Å². The van der Waals surface area contributed by atoms with Crippen LogP contribution in [-0.4, -0.2) is 66.9 Å². The molecule has 0 aromatic heterocycles. The van der Waals surface area contributed by atoms with Gasteiger partial charge in [-0.15, -0.1) is 0 Å². The summed E-state index contributed by atoms with van der Waals surface area (Å²) in [5, 5.41) is 9.13. The first-order valence-electron chi connectivity index (χ1n) is 10.5. The molecule has 2 saturated heterocycles. The number of fused-ring (bicyclic) bond motifs is 5. The molecule has 0 spiro atoms. The highest BCUT2D eigenvalue weighted by Gasteiger charge is 2.41. The van der Waals surface area contributed by atoms with Crippen LogP contribution in [0.3, 0.4) is 0 Å². The molecule has 2 fully saturated rings. The SMILES string of the molecule is OCCN1CCN(CC2CC3c4ccccc4Sc4ccc(F)cc4C3O2)CC1. The molecular formula is C23H27FN2O2S. The lowest BCUT2D eigenvalue weighted by molar-refractivity contribution is 0.00702. The molecule has 3 unspecified atom stereocenters. The van der Waals surface area contributed by atoms with Crippen molar-refractivity contribution in [2.24, 2.45) is 0 Å². The van der Waals surface area contributed by atoms with Crippen molar-refractivity contribution >= 4 is 11.8 Å². The topological polar surface area (TPSA) is 35.9 Å². The summed E-state index contributed by atoms with van der Waals surface area (Å²) in [5.41, 5.74) is 2.32. The summed E-state index contributed by atoms with van der Waals surface area (Å²) >= 11 is 1.73. The lowest BCUT2D eigenvalue weighted by atomic mass is 9.87. The number of nitrogens with zero attached hydrogens (tertiary/aromatic N) is 2. The third-order valence-corrected chi connectivity index (χ3v) is 7.56. The van der Waals surface area contributed by atoms with E-state index in [4.69, 9.17) is 9.84 Å². The fourth-order valence-corrected chi connectivity index (χ4v) is 6.07. The Bertz CT molecular complexity index is 872. The fourth-order valence-electron chi connectivity index (χ4n) is 4.92. The monoisotopic (exact) mass is 414 g/mol. The highest BCUT2D eigenvalue weighted by Crippen LogP contribution is 2.53. The molecule has 1 N–H and O–H groups in total. The van der Waals surface area contributed by atoms with Crippen molar-refractivity contribution in [3.05, 3.63) is 59.4 Å². The van der Waals surface area contributed by atoms with Gasteiger partial charge in [0, 0.05) is 55.0 Å². The Morgan fingerprint density at radius 2 is 1.76 bits per heavy atom. The predicted octanol–water partition coefficient (Wildman–Crippen LogP) is 3.51. The number of piperazine rings is 1. The van der Waals surface area contributed by atoms with Gasteiger partial charge in [-0.1, -0.05) is 30.0 Å². The van der Waals surface area contributed by atoms with Gasteiger partial charge in [0.25, 0.3) is 0 Å². The zero-order chi connectivity index (χ0) is 19.8. The number of aliphatic hydroxyl groups excluding tert-OH is 1. The number of hydrogen-bond donors (Lipinski definition) is 1. The lowest BCUT2D eigenvalue weighted by Crippen LogP contribution is -2.49. The summed E-state index contributed by atoms with van der Waals surface area (Å²) in [6.45, 7) is 5.90. The third-order valence-electron chi connectivity index (χ3n) is 6.38. The largest absolute Gasteiger partial charge is 0.395 e. The molecule has 2 aromatic rings. The van der Waals surface area contributed by atoms with E-state index in [0.717, 1.165) is 56.1 Å². The highest BCUT2D eigenvalue weighted by molar-refractivity contribution is 7.99. The molecule has 0 aliphatic carbocycles. The molecule has 29 heavy (non-hydrogen) atoms. The molecular weight excluding hydrogens is 387 g/mol. The van der Waals surface area contributed by atoms with Crippen LogP contribution >= 0.6 is 11.8 Å². The molecule has 0 saturated carbocycles. The molecule has 2 aromatic carbocycles. The minimum Gasteiger partial charge on any atom is -0.395 e. The maximum Gasteiger partial charge on any atom is 0.123 e. The number of halogens is 1. The van der Waals surface area contributed by atoms with Gasteiger partial charge in [0.05, 0.1) is 18.8 Å². The smallest absolute Gasteiger partial charge is 0.123 e. The first-order chi connectivity index (χ1) is 14.2. The standard InChI is InChI=1S/C23H27FN2O2S/c24-16-5-6-22-20(13-16)23-19(18-3-1-2-4-21(18)29-22)14-17(28-23)15-26-9-7-25(8-10-26)11-12-27/h1-6,13,17,19,23,27H,7-12,14-15H2. The van der Waals surface area contributed by atoms with Crippen LogP contribution in [0.15, 0.2) is 52.3 Å². The van der Waals surface area contributed by atoms with Gasteiger partial charge in [-0.2, -0.15) is 0 Å². The van der Waals surface area contributed by atoms with Crippen molar-refractivity contribution in [3.63, 3.8) is 0 Å². The molecule has 0 amide bonds. The van der Waals surface area contributed by atoms with E-state index in [0.29, 0.717) is 0 Å². The first kappa shape index (κ1) is 19.5. The molecule has 0 bridgehead atoms. The second-order valence-electron chi connectivity index (χ2n) is 8.21. The van der Waals surface area contributed by atoms with Gasteiger partial charge in [-0.25, -0.2) is 4.39 Å². The van der Waals surface area contributed by atoms with E-state index in [1.54, 1.807) is 23.9 Å². The summed E-state index contributed by atoms with van der Waals surface area (Å²) < 4.78 is 20.7. The zero-order valence-electron chi connectivity index (χ0n) is 16.5. The Labute approximate surface area is 175 Å². The van der Waals surface area contributed by atoms with Crippen LogP contribution in [0.4, 0.5) is 4.39 Å². The fraction of sp³-hybridized carbons (Fsp3) is 0.478. The molecule has 3 aliphatic heterocycles. The predicted molar refractivity (Wildman–Crippen MR) is 112 cm³/mol. The molecule has 6 heteroatoms. The average molecular weight is 415 g/mol. The number of ether oxygens (including phenoxy) is 1. The Kier molecular flexibility index (Phi) is 5.63. The van der Waals surface area contributed by atoms with Crippen LogP contribution in [0.25, 0.3) is 0 Å². The maximum atomic E-state index is 14.1. The van der Waals surface area contributed by atoms with Crippen molar-refractivity contribution in [2.75, 3.05) is 45.9 Å². The van der Waals surface area contributed by atoms with Gasteiger partial charge in [0.15, 0.2) is 0 Å². The second-order valence-corrected chi connectivity index (χ2v) is 9.29. The molecule has 4 nitrogen and oxygen atoms in total. The number of hydrogen-bond acceptors (Lipinski definition) is 5. The van der Waals surface area contributed by atoms with Crippen molar-refractivity contribution in [3.8, 4) is 0 Å². The molecule has 3 aliphatic rings. The van der Waals surface area contributed by atoms with E-state index in [9.17, 15) is 4.39 Å². The maximum absolute atomic E-state index is 14.1. The molecule has 3 atom stereocenters. The highest BCUT2D eigenvalue weighted by atomic mass is 32.2. The van der Waals surface area contributed by atoms with Crippen molar-refractivity contribution in [2.45, 2.75) is 34.3 Å². The lowest BCUT2D eigenvalue weighted by Gasteiger charge is -2.35. The van der Waals surface area contributed by atoms with Gasteiger partial charge in [-0.05, 0) is 41.8 Å². The normalized spacial score (nSPS) is 27.2. The minimum atomic E-state index is -0.193. The Morgan fingerprint density at radius 3 is 2.59 bits per heavy atom. The van der Waals surface area contributed by atoms with Crippen LogP contribution < -0.4 is 0 Å². The quantitative estimate of drug-likeness (QED) is 0.829. The van der Waals surface area contributed by atoms with Gasteiger partial charge < -0.3 is 9.84 Å². The summed E-state index contributed by atoms with van der Waals surface area (Å²) in [6, 6.07) is 13.7. The van der Waals surface area contributed by atoms with E-state index in [1.807, 2.05) is 6.07 Å². The Morgan fingerprint density at radius 1 is 1.00 bits per heavy atom. The van der Waals surface area contributed by atoms with Crippen LogP contribution in [0.2, 0.25) is 0 Å². The molecule has 0 radical (unpaired) electrons. The first-order valence-corrected chi connectivity index (χ1v) is 11.3. The number of rotatable bonds is 4. The Balaban J connectivity index is 1.36. The van der Waals surface area contributed by atoms with Gasteiger partial charge in [0.2, 0.25) is 0 Å². The number of aliphatic hydroxyl groups is 1. The van der Waals surface area contributed by atoms with Gasteiger partial charge in [0.1, 0.15) is 5.82 Å². The van der Waals surface area contributed by atoms with Gasteiger partial charge >= 0.3 is 0 Å². The van der Waals surface area contributed by atoms with E-state index in [1.165, 1.54) is 10.5 Å². The summed E-state index contributed by atoms with van der Waals surface area (Å²) in [4.78, 5) is 7.14. The minimum absolute atomic E-state index is 0.0856. The van der Waals surface area contributed by atoms with E-state index in [2.05, 4.69) is 34.1 Å². The summed E-state index contributed by atoms with van der Waals surface area (Å²) in [7, 11) is 0. The summed E-state index contributed by atoms with van der Waals surface area (Å²) in [5.74, 6) is 0.0727. The number of benzene rings is 2. The average Bonchev–Trinajstić information content (AvgIpc) is 3.10. The zero-order valence-corrected chi connectivity index (χ0v) is 17.3. The van der Waals surface area contributed by atoms with E-state index in [-0.39, 0.29) is 30.5 Å². The van der Waals surface area contributed by atoms with E-state index < -0.39 is 0 Å². The third kappa shape index (κ3) is 3.97. The van der Waals surface area contributed by atoms with Gasteiger partial charge in [-0.3, -0.25) is 9.80 Å². The number of β-amino-alcohol motifs (C(OH)–C–C–N with tert-alkyl or cyclic N) is 1. The van der Waals surface area contributed by atoms with Crippen LogP contribution in [0, 0.1) is 5.82 Å². The Hall–Kier alpha value is -1.44. The van der Waals surface area contributed by atoms with Crippen molar-refractivity contribution in [1.82, 2.24) is 9.80 Å².